The molecule has 0 N–H and O–H groups in total. The number of hydrogen-bond donors (Lipinski definition) is 0. The van der Waals surface area contributed by atoms with E-state index in [2.05, 4.69) is 17.1 Å². The van der Waals surface area contributed by atoms with Gasteiger partial charge in [-0.25, -0.2) is 0 Å². The molecule has 0 bridgehead atoms. The van der Waals surface area contributed by atoms with Crippen LogP contribution in [0.4, 0.5) is 0 Å². The van der Waals surface area contributed by atoms with Gasteiger partial charge in [0.2, 0.25) is 5.89 Å². The van der Waals surface area contributed by atoms with Gasteiger partial charge in [-0.15, -0.1) is 0 Å². The van der Waals surface area contributed by atoms with Crippen LogP contribution in [0.2, 0.25) is 5.02 Å². The van der Waals surface area contributed by atoms with Crippen molar-refractivity contribution < 1.29 is 9.32 Å². The molecule has 1 aromatic heterocycles. The Kier molecular flexibility index (Phi) is 4.96. The van der Waals surface area contributed by atoms with Gasteiger partial charge in [0.05, 0.1) is 5.92 Å². The maximum Gasteiger partial charge on any atom is 0.253 e. The van der Waals surface area contributed by atoms with Crippen LogP contribution in [0.15, 0.2) is 28.8 Å². The summed E-state index contributed by atoms with van der Waals surface area (Å²) in [6.07, 6.45) is 3.72. The van der Waals surface area contributed by atoms with Crippen molar-refractivity contribution in [3.8, 4) is 0 Å². The molecule has 0 aliphatic carbocycles. The van der Waals surface area contributed by atoms with Crippen molar-refractivity contribution in [1.29, 1.82) is 0 Å². The third-order valence-corrected chi connectivity index (χ3v) is 4.36. The number of carbonyl (C=O) groups excluding carboxylic acids is 1. The summed E-state index contributed by atoms with van der Waals surface area (Å²) in [5.74, 6) is 1.56. The van der Waals surface area contributed by atoms with Crippen molar-refractivity contribution in [3.63, 3.8) is 0 Å². The number of nitrogens with zero attached hydrogens (tertiary/aromatic N) is 3. The molecule has 23 heavy (non-hydrogen) atoms. The first-order valence-electron chi connectivity index (χ1n) is 8.04. The van der Waals surface area contributed by atoms with Gasteiger partial charge < -0.3 is 9.42 Å². The van der Waals surface area contributed by atoms with Gasteiger partial charge in [-0.2, -0.15) is 4.98 Å². The topological polar surface area (TPSA) is 59.2 Å². The molecule has 1 aromatic carbocycles. The lowest BCUT2D eigenvalue weighted by atomic mass is 9.97. The van der Waals surface area contributed by atoms with E-state index in [1.807, 2.05) is 4.90 Å². The van der Waals surface area contributed by atoms with Gasteiger partial charge in [0.25, 0.3) is 5.91 Å². The van der Waals surface area contributed by atoms with E-state index in [0.717, 1.165) is 38.1 Å². The van der Waals surface area contributed by atoms with Crippen molar-refractivity contribution in [3.05, 3.63) is 46.6 Å². The van der Waals surface area contributed by atoms with Crippen LogP contribution in [-0.4, -0.2) is 34.0 Å². The first-order chi connectivity index (χ1) is 11.2. The average Bonchev–Trinajstić information content (AvgIpc) is 3.04. The van der Waals surface area contributed by atoms with Crippen LogP contribution in [0.25, 0.3) is 0 Å². The minimum absolute atomic E-state index is 0.0275. The van der Waals surface area contributed by atoms with Crippen LogP contribution in [0.3, 0.4) is 0 Å². The molecule has 0 saturated carbocycles. The largest absolute Gasteiger partial charge is 0.339 e. The number of aryl methyl sites for hydroxylation is 1. The Morgan fingerprint density at radius 1 is 1.39 bits per heavy atom. The standard InChI is InChI=1S/C17H20ClN3O2/c1-2-4-15-19-16(23-20-15)13-5-3-10-21(11-13)17(22)12-6-8-14(18)9-7-12/h6-9,13H,2-5,10-11H2,1H3. The van der Waals surface area contributed by atoms with E-state index in [0.29, 0.717) is 23.0 Å². The fraction of sp³-hybridized carbons (Fsp3) is 0.471. The lowest BCUT2D eigenvalue weighted by Gasteiger charge is -2.31. The van der Waals surface area contributed by atoms with E-state index in [1.165, 1.54) is 0 Å². The lowest BCUT2D eigenvalue weighted by molar-refractivity contribution is 0.0695. The zero-order valence-corrected chi connectivity index (χ0v) is 13.9. The number of piperidine rings is 1. The highest BCUT2D eigenvalue weighted by atomic mass is 35.5. The normalized spacial score (nSPS) is 18.2. The van der Waals surface area contributed by atoms with Crippen molar-refractivity contribution in [2.24, 2.45) is 0 Å². The second-order valence-corrected chi connectivity index (χ2v) is 6.33. The number of amides is 1. The van der Waals surface area contributed by atoms with E-state index in [1.54, 1.807) is 24.3 Å². The maximum atomic E-state index is 12.6. The van der Waals surface area contributed by atoms with Crippen LogP contribution in [-0.2, 0) is 6.42 Å². The van der Waals surface area contributed by atoms with Gasteiger partial charge in [0.1, 0.15) is 0 Å². The number of halogens is 1. The Labute approximate surface area is 140 Å². The maximum absolute atomic E-state index is 12.6. The minimum atomic E-state index is 0.0275. The molecule has 1 atom stereocenters. The molecule has 2 aromatic rings. The third-order valence-electron chi connectivity index (χ3n) is 4.11. The van der Waals surface area contributed by atoms with E-state index in [4.69, 9.17) is 16.1 Å². The van der Waals surface area contributed by atoms with E-state index < -0.39 is 0 Å². The molecule has 5 nitrogen and oxygen atoms in total. The molecule has 1 fully saturated rings. The summed E-state index contributed by atoms with van der Waals surface area (Å²) in [7, 11) is 0. The van der Waals surface area contributed by atoms with Crippen LogP contribution in [0, 0.1) is 0 Å². The van der Waals surface area contributed by atoms with Gasteiger partial charge in [-0.1, -0.05) is 23.7 Å². The van der Waals surface area contributed by atoms with Gasteiger partial charge in [-0.05, 0) is 43.5 Å². The van der Waals surface area contributed by atoms with Gasteiger partial charge in [0, 0.05) is 30.1 Å². The van der Waals surface area contributed by atoms with E-state index in [-0.39, 0.29) is 11.8 Å². The zero-order valence-electron chi connectivity index (χ0n) is 13.2. The molecule has 122 valence electrons. The molecular formula is C17H20ClN3O2. The molecule has 1 aliphatic heterocycles. The number of aromatic nitrogens is 2. The number of carbonyl (C=O) groups is 1. The van der Waals surface area contributed by atoms with Crippen LogP contribution >= 0.6 is 11.6 Å². The minimum Gasteiger partial charge on any atom is -0.339 e. The van der Waals surface area contributed by atoms with Gasteiger partial charge >= 0.3 is 0 Å². The second kappa shape index (κ2) is 7.13. The first kappa shape index (κ1) is 16.0. The summed E-state index contributed by atoms with van der Waals surface area (Å²) in [4.78, 5) is 18.9. The first-order valence-corrected chi connectivity index (χ1v) is 8.42. The molecule has 1 aliphatic rings. The summed E-state index contributed by atoms with van der Waals surface area (Å²) in [6.45, 7) is 3.46. The molecule has 3 rings (SSSR count). The smallest absolute Gasteiger partial charge is 0.253 e. The van der Waals surface area contributed by atoms with Crippen molar-refractivity contribution in [2.75, 3.05) is 13.1 Å². The molecule has 2 heterocycles. The fourth-order valence-electron chi connectivity index (χ4n) is 2.90. The van der Waals surface area contributed by atoms with Crippen molar-refractivity contribution in [1.82, 2.24) is 15.0 Å². The molecular weight excluding hydrogens is 314 g/mol. The molecule has 6 heteroatoms. The summed E-state index contributed by atoms with van der Waals surface area (Å²) in [5, 5.41) is 4.65. The monoisotopic (exact) mass is 333 g/mol. The molecule has 1 amide bonds. The number of benzene rings is 1. The quantitative estimate of drug-likeness (QED) is 0.856. The summed E-state index contributed by atoms with van der Waals surface area (Å²) >= 11 is 5.88. The summed E-state index contributed by atoms with van der Waals surface area (Å²) in [5.41, 5.74) is 0.659. The Morgan fingerprint density at radius 3 is 2.91 bits per heavy atom. The molecule has 1 saturated heterocycles. The number of hydrogen-bond acceptors (Lipinski definition) is 4. The molecule has 0 radical (unpaired) electrons. The van der Waals surface area contributed by atoms with Crippen LogP contribution in [0.1, 0.15) is 54.2 Å². The van der Waals surface area contributed by atoms with E-state index >= 15 is 0 Å². The van der Waals surface area contributed by atoms with E-state index in [9.17, 15) is 4.79 Å². The van der Waals surface area contributed by atoms with Crippen molar-refractivity contribution >= 4 is 17.5 Å². The summed E-state index contributed by atoms with van der Waals surface area (Å²) in [6, 6.07) is 7.01. The van der Waals surface area contributed by atoms with Crippen LogP contribution in [0.5, 0.6) is 0 Å². The average molecular weight is 334 g/mol. The summed E-state index contributed by atoms with van der Waals surface area (Å²) < 4.78 is 5.39. The zero-order chi connectivity index (χ0) is 16.2. The lowest BCUT2D eigenvalue weighted by Crippen LogP contribution is -2.39. The Balaban J connectivity index is 1.69. The van der Waals surface area contributed by atoms with Crippen LogP contribution < -0.4 is 0 Å². The Bertz CT molecular complexity index is 669. The van der Waals surface area contributed by atoms with Gasteiger partial charge in [-0.3, -0.25) is 4.79 Å². The highest BCUT2D eigenvalue weighted by Gasteiger charge is 2.28. The molecule has 1 unspecified atom stereocenters. The third kappa shape index (κ3) is 3.72. The molecule has 0 spiro atoms. The predicted molar refractivity (Wildman–Crippen MR) is 87.6 cm³/mol. The van der Waals surface area contributed by atoms with Crippen molar-refractivity contribution in [2.45, 2.75) is 38.5 Å². The second-order valence-electron chi connectivity index (χ2n) is 5.90. The highest BCUT2D eigenvalue weighted by Crippen LogP contribution is 2.27. The van der Waals surface area contributed by atoms with Gasteiger partial charge in [0.15, 0.2) is 5.82 Å². The number of likely N-dealkylation sites (tertiary alicyclic amines) is 1. The highest BCUT2D eigenvalue weighted by molar-refractivity contribution is 6.30. The number of rotatable bonds is 4. The Morgan fingerprint density at radius 2 is 2.17 bits per heavy atom. The SMILES string of the molecule is CCCc1noc(C2CCCN(C(=O)c3ccc(Cl)cc3)C2)n1. The predicted octanol–water partition coefficient (Wildman–Crippen LogP) is 3.70. The Hall–Kier alpha value is -1.88. The fourth-order valence-corrected chi connectivity index (χ4v) is 3.02.